The van der Waals surface area contributed by atoms with Crippen molar-refractivity contribution < 1.29 is 19.1 Å². The first kappa shape index (κ1) is 28.4. The summed E-state index contributed by atoms with van der Waals surface area (Å²) in [6.45, 7) is 11.9. The maximum Gasteiger partial charge on any atom is 0.410 e. The number of benzene rings is 1. The van der Waals surface area contributed by atoms with Crippen molar-refractivity contribution in [2.24, 2.45) is 0 Å². The molecule has 2 N–H and O–H groups in total. The van der Waals surface area contributed by atoms with Crippen LogP contribution in [0.5, 0.6) is 5.75 Å². The molecule has 0 spiro atoms. The van der Waals surface area contributed by atoms with E-state index in [-0.39, 0.29) is 18.0 Å². The van der Waals surface area contributed by atoms with Gasteiger partial charge in [-0.05, 0) is 78.9 Å². The number of rotatable bonds is 6. The summed E-state index contributed by atoms with van der Waals surface area (Å²) in [5, 5.41) is 6.38. The molecule has 2 aromatic rings. The van der Waals surface area contributed by atoms with Gasteiger partial charge in [-0.15, -0.1) is 0 Å². The molecule has 1 aromatic heterocycles. The molecule has 39 heavy (non-hydrogen) atoms. The molecule has 2 aliphatic rings. The molecule has 11 nitrogen and oxygen atoms in total. The third-order valence-electron chi connectivity index (χ3n) is 6.94. The monoisotopic (exact) mass is 539 g/mol. The van der Waals surface area contributed by atoms with E-state index in [1.165, 1.54) is 0 Å². The number of aromatic nitrogens is 2. The Morgan fingerprint density at radius 1 is 1.05 bits per heavy atom. The first-order valence-electron chi connectivity index (χ1n) is 13.5. The van der Waals surface area contributed by atoms with Crippen molar-refractivity contribution >= 4 is 29.5 Å². The van der Waals surface area contributed by atoms with Crippen LogP contribution < -0.4 is 20.3 Å². The van der Waals surface area contributed by atoms with Crippen molar-refractivity contribution in [2.45, 2.75) is 52.2 Å². The fourth-order valence-electron chi connectivity index (χ4n) is 4.72. The highest BCUT2D eigenvalue weighted by Gasteiger charge is 2.27. The number of hydrogen-bond donors (Lipinski definition) is 2. The van der Waals surface area contributed by atoms with Crippen LogP contribution in [0.1, 0.15) is 49.5 Å². The van der Waals surface area contributed by atoms with Gasteiger partial charge in [0.05, 0.1) is 12.8 Å². The van der Waals surface area contributed by atoms with Crippen LogP contribution in [0.15, 0.2) is 24.4 Å². The van der Waals surface area contributed by atoms with E-state index < -0.39 is 5.60 Å². The lowest BCUT2D eigenvalue weighted by atomic mass is 10.0. The minimum absolute atomic E-state index is 0.103. The fourth-order valence-corrected chi connectivity index (χ4v) is 4.72. The van der Waals surface area contributed by atoms with Gasteiger partial charge >= 0.3 is 6.09 Å². The van der Waals surface area contributed by atoms with Gasteiger partial charge in [-0.3, -0.25) is 4.79 Å². The molecule has 2 fully saturated rings. The molecule has 1 aromatic carbocycles. The summed E-state index contributed by atoms with van der Waals surface area (Å²) in [6.07, 6.45) is 3.38. The third kappa shape index (κ3) is 7.50. The molecule has 0 bridgehead atoms. The molecular weight excluding hydrogens is 498 g/mol. The number of aryl methyl sites for hydroxylation is 1. The third-order valence-corrected chi connectivity index (χ3v) is 6.94. The predicted octanol–water partition coefficient (Wildman–Crippen LogP) is 3.42. The number of nitrogens with zero attached hydrogens (tertiary/aromatic N) is 5. The number of piperidine rings is 1. The highest BCUT2D eigenvalue weighted by molar-refractivity contribution is 5.95. The highest BCUT2D eigenvalue weighted by atomic mass is 16.6. The lowest BCUT2D eigenvalue weighted by Gasteiger charge is -2.36. The Morgan fingerprint density at radius 3 is 2.38 bits per heavy atom. The van der Waals surface area contributed by atoms with Crippen molar-refractivity contribution in [1.29, 1.82) is 0 Å². The van der Waals surface area contributed by atoms with E-state index in [1.54, 1.807) is 30.3 Å². The van der Waals surface area contributed by atoms with Gasteiger partial charge in [0.15, 0.2) is 0 Å². The maximum atomic E-state index is 12.9. The van der Waals surface area contributed by atoms with E-state index in [2.05, 4.69) is 32.5 Å². The number of carbonyl (C=O) groups is 2. The van der Waals surface area contributed by atoms with Crippen molar-refractivity contribution in [3.05, 3.63) is 35.5 Å². The molecule has 212 valence electrons. The fraction of sp³-hybridized carbons (Fsp3) is 0.571. The quantitative estimate of drug-likeness (QED) is 0.570. The zero-order valence-electron chi connectivity index (χ0n) is 23.9. The van der Waals surface area contributed by atoms with Crippen molar-refractivity contribution in [1.82, 2.24) is 25.1 Å². The summed E-state index contributed by atoms with van der Waals surface area (Å²) < 4.78 is 11.1. The molecule has 0 radical (unpaired) electrons. The van der Waals surface area contributed by atoms with Gasteiger partial charge in [-0.1, -0.05) is 0 Å². The number of nitrogens with one attached hydrogen (secondary N) is 2. The molecule has 0 atom stereocenters. The molecule has 2 aliphatic heterocycles. The van der Waals surface area contributed by atoms with Gasteiger partial charge in [0.1, 0.15) is 17.2 Å². The molecular formula is C28H41N7O4. The predicted molar refractivity (Wildman–Crippen MR) is 151 cm³/mol. The van der Waals surface area contributed by atoms with E-state index in [1.807, 2.05) is 33.8 Å². The Hall–Kier alpha value is -3.60. The lowest BCUT2D eigenvalue weighted by molar-refractivity contribution is 0.0240. The first-order chi connectivity index (χ1) is 18.5. The summed E-state index contributed by atoms with van der Waals surface area (Å²) >= 11 is 0. The Morgan fingerprint density at radius 2 is 1.74 bits per heavy atom. The number of methoxy groups -OCH3 is 1. The number of hydrogen-bond acceptors (Lipinski definition) is 9. The van der Waals surface area contributed by atoms with E-state index in [9.17, 15) is 9.59 Å². The van der Waals surface area contributed by atoms with Crippen LogP contribution in [0.3, 0.4) is 0 Å². The normalized spacial score (nSPS) is 17.1. The second-order valence-electron chi connectivity index (χ2n) is 11.2. The number of piperazine rings is 1. The van der Waals surface area contributed by atoms with E-state index in [4.69, 9.17) is 14.5 Å². The van der Waals surface area contributed by atoms with Crippen LogP contribution in [0.2, 0.25) is 0 Å². The number of likely N-dealkylation sites (tertiary alicyclic amines) is 1. The average Bonchev–Trinajstić information content (AvgIpc) is 2.90. The van der Waals surface area contributed by atoms with E-state index in [0.29, 0.717) is 49.1 Å². The van der Waals surface area contributed by atoms with Gasteiger partial charge in [-0.2, -0.15) is 4.98 Å². The van der Waals surface area contributed by atoms with Crippen LogP contribution in [0, 0.1) is 6.92 Å². The maximum absolute atomic E-state index is 12.9. The standard InChI is InChI=1S/C28H41N7O4/c1-19-18-29-26(32-24(19)34-13-15-35(16-14-34)27(37)39-28(2,3)4)31-22-8-7-20(17-23(22)38-6)25(36)30-21-9-11-33(5)12-10-21/h7-8,17-18,21H,9-16H2,1-6H3,(H,30,36)(H,29,31,32). The Kier molecular flexibility index (Phi) is 8.79. The summed E-state index contributed by atoms with van der Waals surface area (Å²) in [5.41, 5.74) is 1.63. The zero-order chi connectivity index (χ0) is 28.2. The number of amides is 2. The number of ether oxygens (including phenoxy) is 2. The Bertz CT molecular complexity index is 1170. The van der Waals surface area contributed by atoms with Gasteiger partial charge in [0.2, 0.25) is 5.95 Å². The Labute approximate surface area is 230 Å². The van der Waals surface area contributed by atoms with Gasteiger partial charge in [-0.25, -0.2) is 9.78 Å². The smallest absolute Gasteiger partial charge is 0.410 e. The van der Waals surface area contributed by atoms with Crippen molar-refractivity contribution in [3.8, 4) is 5.75 Å². The summed E-state index contributed by atoms with van der Waals surface area (Å²) in [6, 6.07) is 5.51. The van der Waals surface area contributed by atoms with Gasteiger partial charge in [0, 0.05) is 49.5 Å². The largest absolute Gasteiger partial charge is 0.495 e. The summed E-state index contributed by atoms with van der Waals surface area (Å²) in [5.74, 6) is 1.66. The number of anilines is 3. The molecule has 11 heteroatoms. The second-order valence-corrected chi connectivity index (χ2v) is 11.2. The average molecular weight is 540 g/mol. The van der Waals surface area contributed by atoms with Crippen molar-refractivity contribution in [3.63, 3.8) is 0 Å². The van der Waals surface area contributed by atoms with Crippen molar-refractivity contribution in [2.75, 3.05) is 63.6 Å². The first-order valence-corrected chi connectivity index (χ1v) is 13.5. The van der Waals surface area contributed by atoms with E-state index >= 15 is 0 Å². The van der Waals surface area contributed by atoms with Crippen LogP contribution in [-0.2, 0) is 4.74 Å². The molecule has 4 rings (SSSR count). The second kappa shape index (κ2) is 12.1. The molecule has 0 saturated carbocycles. The van der Waals surface area contributed by atoms with Gasteiger partial charge < -0.3 is 34.8 Å². The SMILES string of the molecule is COc1cc(C(=O)NC2CCN(C)CC2)ccc1Nc1ncc(C)c(N2CCN(C(=O)OC(C)(C)C)CC2)n1. The topological polar surface area (TPSA) is 112 Å². The summed E-state index contributed by atoms with van der Waals surface area (Å²) in [7, 11) is 3.67. The van der Waals surface area contributed by atoms with Gasteiger partial charge in [0.25, 0.3) is 5.91 Å². The number of carbonyl (C=O) groups excluding carboxylic acids is 2. The van der Waals surface area contributed by atoms with E-state index in [0.717, 1.165) is 37.3 Å². The van der Waals surface area contributed by atoms with Crippen LogP contribution in [0.4, 0.5) is 22.2 Å². The van der Waals surface area contributed by atoms with Crippen LogP contribution in [0.25, 0.3) is 0 Å². The molecule has 2 saturated heterocycles. The summed E-state index contributed by atoms with van der Waals surface area (Å²) in [4.78, 5) is 40.7. The molecule has 0 unspecified atom stereocenters. The van der Waals surface area contributed by atoms with Crippen LogP contribution >= 0.6 is 0 Å². The zero-order valence-corrected chi connectivity index (χ0v) is 23.9. The van der Waals surface area contributed by atoms with Crippen LogP contribution in [-0.4, -0.2) is 96.8 Å². The minimum atomic E-state index is -0.520. The molecule has 2 amide bonds. The Balaban J connectivity index is 1.40. The lowest BCUT2D eigenvalue weighted by Crippen LogP contribution is -2.50. The molecule has 0 aliphatic carbocycles. The molecule has 3 heterocycles. The minimum Gasteiger partial charge on any atom is -0.495 e. The highest BCUT2D eigenvalue weighted by Crippen LogP contribution is 2.29.